The minimum atomic E-state index is -0.302. The summed E-state index contributed by atoms with van der Waals surface area (Å²) in [6.45, 7) is 0.589. The molecule has 0 bridgehead atoms. The van der Waals surface area contributed by atoms with Gasteiger partial charge in [-0.1, -0.05) is 41.9 Å². The molecule has 0 aliphatic heterocycles. The third-order valence-corrected chi connectivity index (χ3v) is 4.82. The number of carbonyl (C=O) groups excluding carboxylic acids is 1. The molecule has 0 radical (unpaired) electrons. The molecule has 6 nitrogen and oxygen atoms in total. The summed E-state index contributed by atoms with van der Waals surface area (Å²) < 4.78 is 6.71. The summed E-state index contributed by atoms with van der Waals surface area (Å²) >= 11 is 6.01. The van der Waals surface area contributed by atoms with Gasteiger partial charge in [0.05, 0.1) is 30.0 Å². The molecular weight excluding hydrogens is 390 g/mol. The van der Waals surface area contributed by atoms with Gasteiger partial charge in [-0.3, -0.25) is 14.2 Å². The molecule has 2 aromatic carbocycles. The van der Waals surface area contributed by atoms with E-state index in [-0.39, 0.29) is 18.0 Å². The van der Waals surface area contributed by atoms with Gasteiger partial charge in [-0.2, -0.15) is 0 Å². The van der Waals surface area contributed by atoms with Crippen LogP contribution in [0.4, 0.5) is 0 Å². The second-order valence-electron chi connectivity index (χ2n) is 6.65. The van der Waals surface area contributed by atoms with E-state index in [2.05, 4.69) is 4.98 Å². The van der Waals surface area contributed by atoms with Gasteiger partial charge in [0.1, 0.15) is 12.3 Å². The Hall–Kier alpha value is -3.38. The van der Waals surface area contributed by atoms with E-state index in [1.165, 1.54) is 10.9 Å². The lowest BCUT2D eigenvalue weighted by atomic mass is 10.2. The summed E-state index contributed by atoms with van der Waals surface area (Å²) in [4.78, 5) is 31.8. The molecule has 7 heteroatoms. The summed E-state index contributed by atoms with van der Waals surface area (Å²) in [6.07, 6.45) is 2.96. The van der Waals surface area contributed by atoms with E-state index in [4.69, 9.17) is 16.0 Å². The molecular formula is C22H18ClN3O3. The van der Waals surface area contributed by atoms with Crippen LogP contribution in [-0.4, -0.2) is 20.4 Å². The van der Waals surface area contributed by atoms with Crippen molar-refractivity contribution in [2.45, 2.75) is 19.6 Å². The summed E-state index contributed by atoms with van der Waals surface area (Å²) in [6, 6.07) is 18.2. The van der Waals surface area contributed by atoms with E-state index in [9.17, 15) is 9.59 Å². The molecule has 0 unspecified atom stereocenters. The van der Waals surface area contributed by atoms with E-state index in [0.717, 1.165) is 5.56 Å². The minimum absolute atomic E-state index is 0.123. The predicted molar refractivity (Wildman–Crippen MR) is 110 cm³/mol. The van der Waals surface area contributed by atoms with Gasteiger partial charge >= 0.3 is 0 Å². The molecule has 1 amide bonds. The SMILES string of the molecule is O=C(Cn1cnc2ccc(Cl)cc2c1=O)N(Cc1ccccc1)Cc1ccco1. The second kappa shape index (κ2) is 8.32. The molecule has 0 saturated carbocycles. The molecule has 0 aliphatic carbocycles. The molecule has 2 aromatic heterocycles. The first kappa shape index (κ1) is 19.0. The number of benzene rings is 2. The van der Waals surface area contributed by atoms with Gasteiger partial charge in [0, 0.05) is 11.6 Å². The largest absolute Gasteiger partial charge is 0.467 e. The highest BCUT2D eigenvalue weighted by molar-refractivity contribution is 6.31. The van der Waals surface area contributed by atoms with Gasteiger partial charge in [-0.05, 0) is 35.9 Å². The number of hydrogen-bond donors (Lipinski definition) is 0. The molecule has 0 N–H and O–H groups in total. The number of amides is 1. The van der Waals surface area contributed by atoms with Crippen LogP contribution in [0.2, 0.25) is 5.02 Å². The van der Waals surface area contributed by atoms with E-state index in [1.54, 1.807) is 35.4 Å². The fraction of sp³-hybridized carbons (Fsp3) is 0.136. The maximum Gasteiger partial charge on any atom is 0.261 e. The fourth-order valence-corrected chi connectivity index (χ4v) is 3.29. The zero-order chi connectivity index (χ0) is 20.2. The quantitative estimate of drug-likeness (QED) is 0.486. The Morgan fingerprint density at radius 3 is 2.66 bits per heavy atom. The van der Waals surface area contributed by atoms with Gasteiger partial charge in [-0.15, -0.1) is 0 Å². The predicted octanol–water partition coefficient (Wildman–Crippen LogP) is 3.87. The Morgan fingerprint density at radius 1 is 1.07 bits per heavy atom. The van der Waals surface area contributed by atoms with Crippen molar-refractivity contribution in [1.29, 1.82) is 0 Å². The van der Waals surface area contributed by atoms with Gasteiger partial charge in [0.15, 0.2) is 0 Å². The molecule has 146 valence electrons. The minimum Gasteiger partial charge on any atom is -0.467 e. The van der Waals surface area contributed by atoms with E-state index < -0.39 is 0 Å². The third-order valence-electron chi connectivity index (χ3n) is 4.59. The molecule has 29 heavy (non-hydrogen) atoms. The van der Waals surface area contributed by atoms with Crippen molar-refractivity contribution in [1.82, 2.24) is 14.5 Å². The van der Waals surface area contributed by atoms with Gasteiger partial charge in [0.2, 0.25) is 5.91 Å². The number of nitrogens with zero attached hydrogens (tertiary/aromatic N) is 3. The van der Waals surface area contributed by atoms with Crippen LogP contribution in [0.3, 0.4) is 0 Å². The molecule has 0 aliphatic rings. The van der Waals surface area contributed by atoms with E-state index in [0.29, 0.717) is 34.8 Å². The number of aromatic nitrogens is 2. The van der Waals surface area contributed by atoms with Crippen LogP contribution in [0.25, 0.3) is 10.9 Å². The number of halogens is 1. The zero-order valence-corrected chi connectivity index (χ0v) is 16.2. The van der Waals surface area contributed by atoms with E-state index >= 15 is 0 Å². The second-order valence-corrected chi connectivity index (χ2v) is 7.09. The highest BCUT2D eigenvalue weighted by Gasteiger charge is 2.18. The van der Waals surface area contributed by atoms with Gasteiger partial charge in [-0.25, -0.2) is 4.98 Å². The Balaban J connectivity index is 1.61. The van der Waals surface area contributed by atoms with Crippen LogP contribution < -0.4 is 5.56 Å². The summed E-state index contributed by atoms with van der Waals surface area (Å²) in [5.74, 6) is 0.459. The molecule has 4 aromatic rings. The van der Waals surface area contributed by atoms with Crippen LogP contribution in [-0.2, 0) is 24.4 Å². The van der Waals surface area contributed by atoms with Crippen molar-refractivity contribution < 1.29 is 9.21 Å². The van der Waals surface area contributed by atoms with E-state index in [1.807, 2.05) is 36.4 Å². The Bertz CT molecular complexity index is 1190. The Morgan fingerprint density at radius 2 is 1.90 bits per heavy atom. The number of furan rings is 1. The van der Waals surface area contributed by atoms with Gasteiger partial charge in [0.25, 0.3) is 5.56 Å². The lowest BCUT2D eigenvalue weighted by molar-refractivity contribution is -0.133. The third kappa shape index (κ3) is 4.38. The molecule has 2 heterocycles. The normalized spacial score (nSPS) is 10.9. The Labute approximate surface area is 172 Å². The highest BCUT2D eigenvalue weighted by Crippen LogP contribution is 2.15. The number of hydrogen-bond acceptors (Lipinski definition) is 4. The highest BCUT2D eigenvalue weighted by atomic mass is 35.5. The van der Waals surface area contributed by atoms with Crippen molar-refractivity contribution in [3.63, 3.8) is 0 Å². The summed E-state index contributed by atoms with van der Waals surface area (Å²) in [5.41, 5.74) is 1.23. The molecule has 0 spiro atoms. The number of rotatable bonds is 6. The van der Waals surface area contributed by atoms with Crippen molar-refractivity contribution in [2.24, 2.45) is 0 Å². The van der Waals surface area contributed by atoms with Crippen LogP contribution in [0, 0.1) is 0 Å². The summed E-state index contributed by atoms with van der Waals surface area (Å²) in [7, 11) is 0. The average Bonchev–Trinajstić information content (AvgIpc) is 3.24. The fourth-order valence-electron chi connectivity index (χ4n) is 3.12. The maximum absolute atomic E-state index is 13.1. The average molecular weight is 408 g/mol. The monoisotopic (exact) mass is 407 g/mol. The molecule has 4 rings (SSSR count). The molecule has 0 fully saturated rings. The number of fused-ring (bicyclic) bond motifs is 1. The van der Waals surface area contributed by atoms with Crippen molar-refractivity contribution in [3.05, 3.63) is 100.0 Å². The van der Waals surface area contributed by atoms with Crippen LogP contribution in [0.5, 0.6) is 0 Å². The lowest BCUT2D eigenvalue weighted by Crippen LogP contribution is -2.35. The maximum atomic E-state index is 13.1. The molecule has 0 saturated heterocycles. The lowest BCUT2D eigenvalue weighted by Gasteiger charge is -2.22. The smallest absolute Gasteiger partial charge is 0.261 e. The van der Waals surface area contributed by atoms with Crippen LogP contribution in [0.15, 0.2) is 82.5 Å². The molecule has 0 atom stereocenters. The van der Waals surface area contributed by atoms with Crippen molar-refractivity contribution >= 4 is 28.4 Å². The Kier molecular flexibility index (Phi) is 5.44. The van der Waals surface area contributed by atoms with Crippen LogP contribution >= 0.6 is 11.6 Å². The van der Waals surface area contributed by atoms with Crippen molar-refractivity contribution in [2.75, 3.05) is 0 Å². The summed E-state index contributed by atoms with van der Waals surface area (Å²) in [5, 5.41) is 0.831. The topological polar surface area (TPSA) is 68.3 Å². The zero-order valence-electron chi connectivity index (χ0n) is 15.5. The van der Waals surface area contributed by atoms with Gasteiger partial charge < -0.3 is 9.32 Å². The first-order valence-corrected chi connectivity index (χ1v) is 9.47. The number of carbonyl (C=O) groups is 1. The van der Waals surface area contributed by atoms with Crippen LogP contribution in [0.1, 0.15) is 11.3 Å². The first-order valence-electron chi connectivity index (χ1n) is 9.09. The van der Waals surface area contributed by atoms with Crippen molar-refractivity contribution in [3.8, 4) is 0 Å². The first-order chi connectivity index (χ1) is 14.1. The standard InChI is InChI=1S/C22H18ClN3O3/c23-17-8-9-20-19(11-17)22(28)26(15-24-20)14-21(27)25(13-18-7-4-10-29-18)12-16-5-2-1-3-6-16/h1-11,15H,12-14H2.